The van der Waals surface area contributed by atoms with E-state index in [4.69, 9.17) is 14.0 Å². The van der Waals surface area contributed by atoms with E-state index < -0.39 is 11.6 Å². The smallest absolute Gasteiger partial charge is 0.287 e. The van der Waals surface area contributed by atoms with Crippen LogP contribution < -0.4 is 15.0 Å². The minimum Gasteiger partial charge on any atom is -0.496 e. The molecular weight excluding hydrogens is 368 g/mol. The van der Waals surface area contributed by atoms with Gasteiger partial charge in [-0.05, 0) is 41.5 Å². The van der Waals surface area contributed by atoms with E-state index in [9.17, 15) is 13.6 Å². The summed E-state index contributed by atoms with van der Waals surface area (Å²) in [5.41, 5.74) is 2.11. The van der Waals surface area contributed by atoms with Gasteiger partial charge in [0.15, 0.2) is 17.2 Å². The molecule has 3 aromatic carbocycles. The van der Waals surface area contributed by atoms with E-state index in [2.05, 4.69) is 5.16 Å². The Hall–Kier alpha value is -3.61. The summed E-state index contributed by atoms with van der Waals surface area (Å²) in [5.74, 6) is -1.08. The van der Waals surface area contributed by atoms with Crippen molar-refractivity contribution in [3.63, 3.8) is 0 Å². The summed E-state index contributed by atoms with van der Waals surface area (Å²) in [7, 11) is 1.40. The second-order valence-electron chi connectivity index (χ2n) is 6.14. The molecular formula is C21H15F2NO4. The maximum atomic E-state index is 13.6. The number of halogens is 2. The van der Waals surface area contributed by atoms with E-state index in [-0.39, 0.29) is 17.9 Å². The number of ether oxygens (including phenoxy) is 2. The molecule has 0 radical (unpaired) electrons. The molecule has 0 saturated carbocycles. The van der Waals surface area contributed by atoms with Gasteiger partial charge in [-0.3, -0.25) is 4.79 Å². The third kappa shape index (κ3) is 3.34. The van der Waals surface area contributed by atoms with Crippen LogP contribution in [0.2, 0.25) is 0 Å². The zero-order valence-corrected chi connectivity index (χ0v) is 14.8. The summed E-state index contributed by atoms with van der Waals surface area (Å²) in [6.07, 6.45) is 0. The van der Waals surface area contributed by atoms with E-state index in [0.29, 0.717) is 27.8 Å². The van der Waals surface area contributed by atoms with Crippen molar-refractivity contribution in [3.8, 4) is 22.6 Å². The Morgan fingerprint density at radius 1 is 1.00 bits per heavy atom. The highest BCUT2D eigenvalue weighted by atomic mass is 19.2. The Morgan fingerprint density at radius 2 is 1.75 bits per heavy atom. The van der Waals surface area contributed by atoms with Crippen LogP contribution in [0.25, 0.3) is 22.1 Å². The number of benzene rings is 3. The molecule has 1 heterocycles. The minimum absolute atomic E-state index is 0.242. The molecule has 28 heavy (non-hydrogen) atoms. The van der Waals surface area contributed by atoms with Gasteiger partial charge in [0.05, 0.1) is 12.5 Å². The Bertz CT molecular complexity index is 1200. The van der Waals surface area contributed by atoms with E-state index in [1.54, 1.807) is 42.5 Å². The molecule has 4 rings (SSSR count). The molecule has 0 spiro atoms. The monoisotopic (exact) mass is 383 g/mol. The Kier molecular flexibility index (Phi) is 4.57. The van der Waals surface area contributed by atoms with Gasteiger partial charge in [-0.15, -0.1) is 0 Å². The zero-order valence-electron chi connectivity index (χ0n) is 14.8. The summed E-state index contributed by atoms with van der Waals surface area (Å²) in [4.78, 5) is 11.6. The highest BCUT2D eigenvalue weighted by molar-refractivity contribution is 5.76. The lowest BCUT2D eigenvalue weighted by Crippen LogP contribution is -1.99. The highest BCUT2D eigenvalue weighted by Crippen LogP contribution is 2.33. The number of fused-ring (bicyclic) bond motifs is 1. The number of rotatable bonds is 5. The number of aromatic amines is 1. The van der Waals surface area contributed by atoms with Gasteiger partial charge in [0, 0.05) is 11.6 Å². The quantitative estimate of drug-likeness (QED) is 0.545. The average Bonchev–Trinajstić information content (AvgIpc) is 3.09. The average molecular weight is 383 g/mol. The van der Waals surface area contributed by atoms with E-state index in [1.807, 2.05) is 0 Å². The Balaban J connectivity index is 1.52. The molecule has 0 amide bonds. The number of methoxy groups -OCH3 is 1. The summed E-state index contributed by atoms with van der Waals surface area (Å²) < 4.78 is 42.9. The number of hydrogen-bond donors (Lipinski definition) is 1. The second-order valence-corrected chi connectivity index (χ2v) is 6.14. The van der Waals surface area contributed by atoms with Crippen molar-refractivity contribution in [1.82, 2.24) is 5.16 Å². The highest BCUT2D eigenvalue weighted by Gasteiger charge is 2.12. The van der Waals surface area contributed by atoms with Crippen LogP contribution in [0, 0.1) is 11.6 Å². The molecule has 0 unspecified atom stereocenters. The fourth-order valence-electron chi connectivity index (χ4n) is 2.91. The fourth-order valence-corrected chi connectivity index (χ4v) is 2.91. The van der Waals surface area contributed by atoms with Crippen LogP contribution in [-0.2, 0) is 6.61 Å². The first-order valence-corrected chi connectivity index (χ1v) is 8.41. The van der Waals surface area contributed by atoms with Crippen LogP contribution in [0.3, 0.4) is 0 Å². The predicted molar refractivity (Wildman–Crippen MR) is 99.5 cm³/mol. The van der Waals surface area contributed by atoms with Gasteiger partial charge in [-0.25, -0.2) is 8.78 Å². The van der Waals surface area contributed by atoms with Crippen LogP contribution in [0.1, 0.15) is 5.56 Å². The number of H-pyrrole nitrogens is 1. The molecule has 5 nitrogen and oxygen atoms in total. The lowest BCUT2D eigenvalue weighted by Gasteiger charge is -2.11. The molecule has 7 heteroatoms. The van der Waals surface area contributed by atoms with Gasteiger partial charge in [-0.2, -0.15) is 5.16 Å². The molecule has 0 aliphatic carbocycles. The fraction of sp³-hybridized carbons (Fsp3) is 0.0952. The predicted octanol–water partition coefficient (Wildman–Crippen LogP) is 4.65. The molecule has 142 valence electrons. The third-order valence-electron chi connectivity index (χ3n) is 4.36. The SMILES string of the molecule is COc1cc(F)c(F)cc1-c1ccc(OCc2ccc3o[nH]c(=O)c3c2)cc1. The molecule has 4 aromatic rings. The molecule has 0 atom stereocenters. The van der Waals surface area contributed by atoms with Crippen molar-refractivity contribution < 1.29 is 22.8 Å². The van der Waals surface area contributed by atoms with E-state index in [1.165, 1.54) is 7.11 Å². The minimum atomic E-state index is -0.964. The van der Waals surface area contributed by atoms with Crippen LogP contribution in [-0.4, -0.2) is 12.3 Å². The van der Waals surface area contributed by atoms with Gasteiger partial charge in [0.1, 0.15) is 18.1 Å². The Morgan fingerprint density at radius 3 is 2.50 bits per heavy atom. The first kappa shape index (κ1) is 17.8. The Labute approximate surface area is 158 Å². The standard InChI is InChI=1S/C21H15F2NO4/c1-26-20-10-18(23)17(22)9-15(20)13-3-5-14(6-4-13)27-11-12-2-7-19-16(8-12)21(25)24-28-19/h2-10H,11H2,1H3,(H,24,25). The number of nitrogens with one attached hydrogen (secondary N) is 1. The maximum absolute atomic E-state index is 13.6. The number of aromatic nitrogens is 1. The van der Waals surface area contributed by atoms with Crippen molar-refractivity contribution in [2.75, 3.05) is 7.11 Å². The van der Waals surface area contributed by atoms with Crippen LogP contribution in [0.15, 0.2) is 63.9 Å². The summed E-state index contributed by atoms with van der Waals surface area (Å²) in [5, 5.41) is 2.74. The molecule has 1 N–H and O–H groups in total. The van der Waals surface area contributed by atoms with Gasteiger partial charge < -0.3 is 14.0 Å². The normalized spacial score (nSPS) is 11.0. The van der Waals surface area contributed by atoms with Gasteiger partial charge in [-0.1, -0.05) is 18.2 Å². The van der Waals surface area contributed by atoms with Crippen molar-refractivity contribution >= 4 is 11.0 Å². The van der Waals surface area contributed by atoms with Crippen molar-refractivity contribution in [1.29, 1.82) is 0 Å². The maximum Gasteiger partial charge on any atom is 0.287 e. The lowest BCUT2D eigenvalue weighted by atomic mass is 10.0. The van der Waals surface area contributed by atoms with Crippen molar-refractivity contribution in [3.05, 3.63) is 82.1 Å². The molecule has 0 saturated heterocycles. The molecule has 0 aliphatic rings. The van der Waals surface area contributed by atoms with E-state index in [0.717, 1.165) is 17.7 Å². The molecule has 1 aromatic heterocycles. The van der Waals surface area contributed by atoms with E-state index >= 15 is 0 Å². The second kappa shape index (κ2) is 7.19. The van der Waals surface area contributed by atoms with Gasteiger partial charge in [0.2, 0.25) is 0 Å². The summed E-state index contributed by atoms with van der Waals surface area (Å²) in [6, 6.07) is 14.2. The first-order valence-electron chi connectivity index (χ1n) is 8.41. The number of hydrogen-bond acceptors (Lipinski definition) is 4. The van der Waals surface area contributed by atoms with Crippen LogP contribution in [0.4, 0.5) is 8.78 Å². The van der Waals surface area contributed by atoms with Crippen LogP contribution >= 0.6 is 0 Å². The summed E-state index contributed by atoms with van der Waals surface area (Å²) >= 11 is 0. The lowest BCUT2D eigenvalue weighted by molar-refractivity contribution is 0.306. The summed E-state index contributed by atoms with van der Waals surface area (Å²) in [6.45, 7) is 0.258. The zero-order chi connectivity index (χ0) is 19.7. The van der Waals surface area contributed by atoms with Crippen molar-refractivity contribution in [2.45, 2.75) is 6.61 Å². The topological polar surface area (TPSA) is 64.5 Å². The molecule has 0 fully saturated rings. The van der Waals surface area contributed by atoms with Gasteiger partial charge >= 0.3 is 0 Å². The van der Waals surface area contributed by atoms with Gasteiger partial charge in [0.25, 0.3) is 5.56 Å². The third-order valence-corrected chi connectivity index (χ3v) is 4.36. The van der Waals surface area contributed by atoms with Crippen molar-refractivity contribution in [2.24, 2.45) is 0 Å². The first-order chi connectivity index (χ1) is 13.5. The van der Waals surface area contributed by atoms with Crippen LogP contribution in [0.5, 0.6) is 11.5 Å². The molecule has 0 aliphatic heterocycles. The largest absolute Gasteiger partial charge is 0.496 e. The molecule has 0 bridgehead atoms.